The Balaban J connectivity index is 0. The summed E-state index contributed by atoms with van der Waals surface area (Å²) in [4.78, 5) is 0. The SMILES string of the molecule is C=C(Cl)Cl.[LiH]. The summed E-state index contributed by atoms with van der Waals surface area (Å²) >= 11 is 9.69. The maximum atomic E-state index is 4.85. The van der Waals surface area contributed by atoms with E-state index >= 15 is 0 Å². The van der Waals surface area contributed by atoms with E-state index in [0.717, 1.165) is 0 Å². The van der Waals surface area contributed by atoms with Crippen molar-refractivity contribution >= 4 is 42.1 Å². The van der Waals surface area contributed by atoms with Crippen LogP contribution < -0.4 is 0 Å². The van der Waals surface area contributed by atoms with E-state index in [1.165, 1.54) is 0 Å². The molecule has 0 aliphatic rings. The molecule has 0 unspecified atom stereocenters. The van der Waals surface area contributed by atoms with Gasteiger partial charge < -0.3 is 0 Å². The first kappa shape index (κ1) is 9.32. The van der Waals surface area contributed by atoms with Gasteiger partial charge >= 0.3 is 18.9 Å². The van der Waals surface area contributed by atoms with Gasteiger partial charge in [-0.05, 0) is 0 Å². The Morgan fingerprint density at radius 2 is 1.40 bits per heavy atom. The fraction of sp³-hybridized carbons (Fsp3) is 0. The second-order valence-electron chi connectivity index (χ2n) is 0.339. The van der Waals surface area contributed by atoms with Crippen molar-refractivity contribution in [2.24, 2.45) is 0 Å². The molecular formula is C2H3Cl2Li. The molecule has 0 saturated carbocycles. The predicted octanol–water partition coefficient (Wildman–Crippen LogP) is 1.29. The van der Waals surface area contributed by atoms with Crippen molar-refractivity contribution in [3.63, 3.8) is 0 Å². The first-order chi connectivity index (χ1) is 1.73. The van der Waals surface area contributed by atoms with E-state index in [2.05, 4.69) is 6.58 Å². The molecule has 0 bridgehead atoms. The standard InChI is InChI=1S/C2H2Cl2.Li.H/c1-2(3)4;;/h1H2;;. The predicted molar refractivity (Wildman–Crippen MR) is 28.0 cm³/mol. The zero-order valence-electron chi connectivity index (χ0n) is 1.96. The first-order valence-electron chi connectivity index (χ1n) is 0.732. The summed E-state index contributed by atoms with van der Waals surface area (Å²) in [7, 11) is 0. The van der Waals surface area contributed by atoms with Crippen LogP contribution in [-0.4, -0.2) is 18.9 Å². The molecule has 0 aromatic carbocycles. The van der Waals surface area contributed by atoms with Gasteiger partial charge in [0.25, 0.3) is 0 Å². The number of halogens is 2. The Morgan fingerprint density at radius 3 is 1.40 bits per heavy atom. The average molecular weight is 105 g/mol. The zero-order valence-corrected chi connectivity index (χ0v) is 3.47. The van der Waals surface area contributed by atoms with Crippen LogP contribution in [0.4, 0.5) is 0 Å². The molecule has 0 radical (unpaired) electrons. The second kappa shape index (κ2) is 4.92. The molecule has 0 aliphatic heterocycles. The van der Waals surface area contributed by atoms with Gasteiger partial charge in [0, 0.05) is 0 Å². The van der Waals surface area contributed by atoms with Gasteiger partial charge in [0.1, 0.15) is 0 Å². The van der Waals surface area contributed by atoms with E-state index in [9.17, 15) is 0 Å². The van der Waals surface area contributed by atoms with Crippen molar-refractivity contribution in [1.82, 2.24) is 0 Å². The summed E-state index contributed by atoms with van der Waals surface area (Å²) in [6, 6.07) is 0. The van der Waals surface area contributed by atoms with E-state index in [4.69, 9.17) is 23.2 Å². The van der Waals surface area contributed by atoms with E-state index in [-0.39, 0.29) is 23.4 Å². The topological polar surface area (TPSA) is 0 Å². The molecule has 0 rings (SSSR count). The molecule has 5 heavy (non-hydrogen) atoms. The summed E-state index contributed by atoms with van der Waals surface area (Å²) in [5, 5.41) is 0. The molecule has 0 fully saturated rings. The van der Waals surface area contributed by atoms with Crippen molar-refractivity contribution in [2.75, 3.05) is 0 Å². The van der Waals surface area contributed by atoms with Crippen LogP contribution in [0.1, 0.15) is 0 Å². The summed E-state index contributed by atoms with van der Waals surface area (Å²) in [5.74, 6) is 0. The van der Waals surface area contributed by atoms with Crippen molar-refractivity contribution in [2.45, 2.75) is 0 Å². The third-order valence-electron chi connectivity index (χ3n) is 0. The molecule has 0 aromatic rings. The van der Waals surface area contributed by atoms with Gasteiger partial charge in [0.2, 0.25) is 0 Å². The molecule has 0 saturated heterocycles. The third-order valence-corrected chi connectivity index (χ3v) is 0. The molecule has 0 aromatic heterocycles. The minimum absolute atomic E-state index is 0. The van der Waals surface area contributed by atoms with Gasteiger partial charge in [0.15, 0.2) is 0 Å². The molecule has 0 atom stereocenters. The third kappa shape index (κ3) is 49.7. The van der Waals surface area contributed by atoms with Crippen LogP contribution in [0.2, 0.25) is 0 Å². The minimum atomic E-state index is 0. The van der Waals surface area contributed by atoms with E-state index in [1.54, 1.807) is 0 Å². The Hall–Kier alpha value is 0.917. The molecule has 0 N–H and O–H groups in total. The van der Waals surface area contributed by atoms with Crippen molar-refractivity contribution < 1.29 is 0 Å². The summed E-state index contributed by atoms with van der Waals surface area (Å²) in [5.41, 5.74) is 0. The fourth-order valence-corrected chi connectivity index (χ4v) is 0. The first-order valence-corrected chi connectivity index (χ1v) is 1.49. The van der Waals surface area contributed by atoms with E-state index in [0.29, 0.717) is 0 Å². The quantitative estimate of drug-likeness (QED) is 0.407. The summed E-state index contributed by atoms with van der Waals surface area (Å²) in [6.45, 7) is 3.09. The molecular weight excluding hydrogens is 102 g/mol. The van der Waals surface area contributed by atoms with Gasteiger partial charge in [-0.1, -0.05) is 29.8 Å². The normalized spacial score (nSPS) is 5.20. The van der Waals surface area contributed by atoms with Crippen LogP contribution in [-0.2, 0) is 0 Å². The van der Waals surface area contributed by atoms with Crippen LogP contribution in [0.5, 0.6) is 0 Å². The Morgan fingerprint density at radius 1 is 1.40 bits per heavy atom. The van der Waals surface area contributed by atoms with Crippen LogP contribution in [0.15, 0.2) is 11.1 Å². The molecule has 0 heterocycles. The zero-order chi connectivity index (χ0) is 3.58. The Kier molecular flexibility index (Phi) is 9.17. The monoisotopic (exact) mass is 104 g/mol. The van der Waals surface area contributed by atoms with E-state index in [1.807, 2.05) is 0 Å². The second-order valence-corrected chi connectivity index (χ2v) is 1.44. The van der Waals surface area contributed by atoms with Crippen LogP contribution in [0, 0.1) is 0 Å². The summed E-state index contributed by atoms with van der Waals surface area (Å²) < 4.78 is 0.111. The summed E-state index contributed by atoms with van der Waals surface area (Å²) in [6.07, 6.45) is 0. The van der Waals surface area contributed by atoms with Crippen LogP contribution in [0.25, 0.3) is 0 Å². The van der Waals surface area contributed by atoms with Crippen molar-refractivity contribution in [3.05, 3.63) is 11.1 Å². The Labute approximate surface area is 53.3 Å². The number of hydrogen-bond donors (Lipinski definition) is 0. The molecule has 0 aliphatic carbocycles. The molecule has 0 nitrogen and oxygen atoms in total. The molecule has 3 heteroatoms. The van der Waals surface area contributed by atoms with Gasteiger partial charge in [-0.2, -0.15) is 0 Å². The van der Waals surface area contributed by atoms with Crippen LogP contribution >= 0.6 is 23.2 Å². The van der Waals surface area contributed by atoms with Gasteiger partial charge in [-0.15, -0.1) is 0 Å². The van der Waals surface area contributed by atoms with Crippen molar-refractivity contribution in [1.29, 1.82) is 0 Å². The molecule has 26 valence electrons. The van der Waals surface area contributed by atoms with Gasteiger partial charge in [0.05, 0.1) is 4.49 Å². The maximum absolute atomic E-state index is 4.85. The molecule has 0 spiro atoms. The van der Waals surface area contributed by atoms with Crippen molar-refractivity contribution in [3.8, 4) is 0 Å². The fourth-order valence-electron chi connectivity index (χ4n) is 0. The van der Waals surface area contributed by atoms with Gasteiger partial charge in [-0.3, -0.25) is 0 Å². The van der Waals surface area contributed by atoms with Gasteiger partial charge in [-0.25, -0.2) is 0 Å². The van der Waals surface area contributed by atoms with E-state index < -0.39 is 0 Å². The number of hydrogen-bond acceptors (Lipinski definition) is 0. The van der Waals surface area contributed by atoms with Crippen LogP contribution in [0.3, 0.4) is 0 Å². The Bertz CT molecular complexity index is 30.6. The average Bonchev–Trinajstić information content (AvgIpc) is 0.811. The molecule has 0 amide bonds. The number of rotatable bonds is 0.